The zero-order chi connectivity index (χ0) is 20.4. The molecule has 1 aliphatic rings. The third-order valence-electron chi connectivity index (χ3n) is 5.03. The summed E-state index contributed by atoms with van der Waals surface area (Å²) in [6.45, 7) is 2.78. The third kappa shape index (κ3) is 4.12. The van der Waals surface area contributed by atoms with E-state index in [9.17, 15) is 4.79 Å². The number of aryl methyl sites for hydroxylation is 1. The van der Waals surface area contributed by atoms with Gasteiger partial charge in [-0.15, -0.1) is 0 Å². The van der Waals surface area contributed by atoms with E-state index in [1.165, 1.54) is 0 Å². The van der Waals surface area contributed by atoms with Crippen molar-refractivity contribution in [3.05, 3.63) is 87.5 Å². The number of carbonyl (C=O) groups is 1. The number of aromatic nitrogens is 1. The summed E-state index contributed by atoms with van der Waals surface area (Å²) in [4.78, 5) is 19.4. The molecule has 0 radical (unpaired) electrons. The van der Waals surface area contributed by atoms with Crippen molar-refractivity contribution in [1.82, 2.24) is 9.88 Å². The number of hydrogen-bond donors (Lipinski definition) is 0. The summed E-state index contributed by atoms with van der Waals surface area (Å²) in [5.41, 5.74) is 3.62. The normalized spacial score (nSPS) is 13.9. The van der Waals surface area contributed by atoms with Gasteiger partial charge in [-0.2, -0.15) is 0 Å². The van der Waals surface area contributed by atoms with Gasteiger partial charge in [-0.05, 0) is 48.4 Å². The van der Waals surface area contributed by atoms with Crippen molar-refractivity contribution in [2.24, 2.45) is 0 Å². The van der Waals surface area contributed by atoms with Crippen LogP contribution in [-0.4, -0.2) is 29.5 Å². The molecule has 1 atom stereocenters. The molecule has 4 rings (SSSR count). The molecule has 29 heavy (non-hydrogen) atoms. The Morgan fingerprint density at radius 2 is 1.93 bits per heavy atom. The number of methoxy groups -OCH3 is 1. The molecular formula is C23H21BrN2O3. The van der Waals surface area contributed by atoms with Crippen LogP contribution in [0.5, 0.6) is 11.6 Å². The lowest BCUT2D eigenvalue weighted by Crippen LogP contribution is -2.33. The first-order chi connectivity index (χ1) is 14.0. The Hall–Kier alpha value is -2.86. The summed E-state index contributed by atoms with van der Waals surface area (Å²) in [6.07, 6.45) is 0. The van der Waals surface area contributed by atoms with Crippen LogP contribution in [-0.2, 0) is 6.54 Å². The molecule has 0 bridgehead atoms. The van der Waals surface area contributed by atoms with Crippen LogP contribution in [0.1, 0.15) is 33.2 Å². The van der Waals surface area contributed by atoms with Crippen molar-refractivity contribution in [2.75, 3.05) is 13.7 Å². The van der Waals surface area contributed by atoms with E-state index in [0.717, 1.165) is 32.6 Å². The molecule has 0 saturated heterocycles. The van der Waals surface area contributed by atoms with E-state index in [2.05, 4.69) is 20.9 Å². The van der Waals surface area contributed by atoms with Crippen LogP contribution < -0.4 is 9.47 Å². The molecule has 2 aromatic carbocycles. The Labute approximate surface area is 178 Å². The lowest BCUT2D eigenvalue weighted by Gasteiger charge is -2.28. The molecule has 148 valence electrons. The SMILES string of the molecule is COc1ccc(C(COc2cccc(C)n2)N2Cc3ccc(Br)cc3C2=O)cc1. The maximum absolute atomic E-state index is 13.2. The van der Waals surface area contributed by atoms with Gasteiger partial charge in [0.05, 0.1) is 13.2 Å². The first kappa shape index (κ1) is 19.5. The van der Waals surface area contributed by atoms with Gasteiger partial charge in [-0.25, -0.2) is 4.98 Å². The Morgan fingerprint density at radius 3 is 2.66 bits per heavy atom. The van der Waals surface area contributed by atoms with Gasteiger partial charge in [0.1, 0.15) is 12.4 Å². The van der Waals surface area contributed by atoms with Crippen molar-refractivity contribution >= 4 is 21.8 Å². The van der Waals surface area contributed by atoms with E-state index in [1.807, 2.05) is 72.5 Å². The predicted molar refractivity (Wildman–Crippen MR) is 114 cm³/mol. The van der Waals surface area contributed by atoms with E-state index in [1.54, 1.807) is 7.11 Å². The average molecular weight is 453 g/mol. The fraction of sp³-hybridized carbons (Fsp3) is 0.217. The van der Waals surface area contributed by atoms with Gasteiger partial charge in [0.25, 0.3) is 5.91 Å². The standard InChI is InChI=1S/C23H21BrN2O3/c1-15-4-3-5-22(25-15)29-14-21(16-7-10-19(28-2)11-8-16)26-13-17-6-9-18(24)12-20(17)23(26)27/h3-12,21H,13-14H2,1-2H3. The first-order valence-corrected chi connectivity index (χ1v) is 10.1. The fourth-order valence-corrected chi connectivity index (χ4v) is 3.86. The van der Waals surface area contributed by atoms with E-state index < -0.39 is 0 Å². The highest BCUT2D eigenvalue weighted by atomic mass is 79.9. The van der Waals surface area contributed by atoms with Crippen LogP contribution in [0.4, 0.5) is 0 Å². The first-order valence-electron chi connectivity index (χ1n) is 9.35. The summed E-state index contributed by atoms with van der Waals surface area (Å²) in [7, 11) is 1.64. The van der Waals surface area contributed by atoms with Gasteiger partial charge in [-0.3, -0.25) is 4.79 Å². The summed E-state index contributed by atoms with van der Waals surface area (Å²) in [5.74, 6) is 1.33. The topological polar surface area (TPSA) is 51.7 Å². The molecule has 0 N–H and O–H groups in total. The van der Waals surface area contributed by atoms with Crippen LogP contribution in [0.15, 0.2) is 65.1 Å². The molecule has 2 heterocycles. The van der Waals surface area contributed by atoms with Crippen LogP contribution in [0, 0.1) is 6.92 Å². The molecule has 1 aliphatic heterocycles. The number of amides is 1. The summed E-state index contributed by atoms with van der Waals surface area (Å²) in [5, 5.41) is 0. The summed E-state index contributed by atoms with van der Waals surface area (Å²) < 4.78 is 12.2. The number of benzene rings is 2. The molecule has 0 saturated carbocycles. The Bertz CT molecular complexity index is 1040. The van der Waals surface area contributed by atoms with Crippen molar-refractivity contribution in [3.8, 4) is 11.6 Å². The largest absolute Gasteiger partial charge is 0.497 e. The van der Waals surface area contributed by atoms with Gasteiger partial charge in [0.2, 0.25) is 5.88 Å². The molecule has 1 amide bonds. The Morgan fingerprint density at radius 1 is 1.14 bits per heavy atom. The van der Waals surface area contributed by atoms with E-state index >= 15 is 0 Å². The number of fused-ring (bicyclic) bond motifs is 1. The smallest absolute Gasteiger partial charge is 0.255 e. The van der Waals surface area contributed by atoms with Crippen molar-refractivity contribution in [3.63, 3.8) is 0 Å². The lowest BCUT2D eigenvalue weighted by molar-refractivity contribution is 0.0632. The van der Waals surface area contributed by atoms with Crippen molar-refractivity contribution < 1.29 is 14.3 Å². The van der Waals surface area contributed by atoms with Crippen LogP contribution in [0.2, 0.25) is 0 Å². The molecule has 0 aliphatic carbocycles. The van der Waals surface area contributed by atoms with Crippen LogP contribution in [0.3, 0.4) is 0 Å². The van der Waals surface area contributed by atoms with E-state index in [0.29, 0.717) is 19.0 Å². The number of halogens is 1. The van der Waals surface area contributed by atoms with E-state index in [4.69, 9.17) is 9.47 Å². The highest BCUT2D eigenvalue weighted by molar-refractivity contribution is 9.10. The van der Waals surface area contributed by atoms with Gasteiger partial charge in [-0.1, -0.05) is 40.2 Å². The highest BCUT2D eigenvalue weighted by Gasteiger charge is 2.34. The van der Waals surface area contributed by atoms with Crippen LogP contribution >= 0.6 is 15.9 Å². The zero-order valence-electron chi connectivity index (χ0n) is 16.3. The summed E-state index contributed by atoms with van der Waals surface area (Å²) >= 11 is 3.46. The number of nitrogens with zero attached hydrogens (tertiary/aromatic N) is 2. The number of ether oxygens (including phenoxy) is 2. The second-order valence-electron chi connectivity index (χ2n) is 6.95. The van der Waals surface area contributed by atoms with Gasteiger partial charge in [0, 0.05) is 28.3 Å². The minimum atomic E-state index is -0.248. The van der Waals surface area contributed by atoms with Crippen molar-refractivity contribution in [1.29, 1.82) is 0 Å². The second kappa shape index (κ2) is 8.25. The molecule has 1 aromatic heterocycles. The second-order valence-corrected chi connectivity index (χ2v) is 7.87. The number of carbonyl (C=O) groups excluding carboxylic acids is 1. The minimum Gasteiger partial charge on any atom is -0.497 e. The van der Waals surface area contributed by atoms with Gasteiger partial charge >= 0.3 is 0 Å². The average Bonchev–Trinajstić information content (AvgIpc) is 3.05. The summed E-state index contributed by atoms with van der Waals surface area (Å²) in [6, 6.07) is 19.0. The molecule has 5 nitrogen and oxygen atoms in total. The molecule has 1 unspecified atom stereocenters. The fourth-order valence-electron chi connectivity index (χ4n) is 3.50. The monoisotopic (exact) mass is 452 g/mol. The number of rotatable bonds is 6. The van der Waals surface area contributed by atoms with Crippen molar-refractivity contribution in [2.45, 2.75) is 19.5 Å². The Kier molecular flexibility index (Phi) is 5.53. The number of pyridine rings is 1. The maximum atomic E-state index is 13.2. The minimum absolute atomic E-state index is 0.00270. The Balaban J connectivity index is 1.63. The highest BCUT2D eigenvalue weighted by Crippen LogP contribution is 2.33. The molecule has 0 fully saturated rings. The molecule has 3 aromatic rings. The predicted octanol–water partition coefficient (Wildman–Crippen LogP) is 4.94. The molecule has 0 spiro atoms. The third-order valence-corrected chi connectivity index (χ3v) is 5.53. The quantitative estimate of drug-likeness (QED) is 0.531. The van der Waals surface area contributed by atoms with Crippen LogP contribution in [0.25, 0.3) is 0 Å². The van der Waals surface area contributed by atoms with Gasteiger partial charge in [0.15, 0.2) is 0 Å². The maximum Gasteiger partial charge on any atom is 0.255 e. The number of hydrogen-bond acceptors (Lipinski definition) is 4. The zero-order valence-corrected chi connectivity index (χ0v) is 17.8. The lowest BCUT2D eigenvalue weighted by atomic mass is 10.1. The van der Waals surface area contributed by atoms with Gasteiger partial charge < -0.3 is 14.4 Å². The molecular weight excluding hydrogens is 432 g/mol. The van der Waals surface area contributed by atoms with E-state index in [-0.39, 0.29) is 11.9 Å². The molecule has 6 heteroatoms.